The van der Waals surface area contributed by atoms with E-state index in [0.717, 1.165) is 14.9 Å². The molecule has 112 valence electrons. The zero-order chi connectivity index (χ0) is 15.2. The molecule has 0 aliphatic carbocycles. The maximum Gasteiger partial charge on any atom is 0.183 e. The van der Waals surface area contributed by atoms with Crippen molar-refractivity contribution in [3.05, 3.63) is 63.9 Å². The van der Waals surface area contributed by atoms with Gasteiger partial charge < -0.3 is 9.47 Å². The maximum atomic E-state index is 13.7. The molecule has 0 heterocycles. The number of benzene rings is 2. The summed E-state index contributed by atoms with van der Waals surface area (Å²) in [6.07, 6.45) is -0.354. The van der Waals surface area contributed by atoms with Crippen molar-refractivity contribution in [2.24, 2.45) is 0 Å². The molecule has 0 bridgehead atoms. The average molecular weight is 371 g/mol. The molecule has 21 heavy (non-hydrogen) atoms. The number of hydrogen-bond donors (Lipinski definition) is 0. The Labute approximate surface area is 136 Å². The van der Waals surface area contributed by atoms with Gasteiger partial charge in [-0.3, -0.25) is 0 Å². The smallest absolute Gasteiger partial charge is 0.183 e. The first-order valence-electron chi connectivity index (χ1n) is 6.36. The van der Waals surface area contributed by atoms with Crippen LogP contribution in [0.3, 0.4) is 0 Å². The van der Waals surface area contributed by atoms with Crippen LogP contribution < -0.4 is 0 Å². The number of rotatable bonds is 6. The van der Waals surface area contributed by atoms with Crippen molar-refractivity contribution >= 4 is 27.7 Å². The third-order valence-corrected chi connectivity index (χ3v) is 4.54. The highest BCUT2D eigenvalue weighted by Crippen LogP contribution is 2.27. The molecule has 0 fully saturated rings. The molecule has 0 saturated carbocycles. The molecule has 2 aromatic carbocycles. The Kier molecular flexibility index (Phi) is 6.23. The van der Waals surface area contributed by atoms with Crippen LogP contribution in [0.1, 0.15) is 17.4 Å². The van der Waals surface area contributed by atoms with Gasteiger partial charge in [0.15, 0.2) is 6.29 Å². The van der Waals surface area contributed by atoms with E-state index in [4.69, 9.17) is 9.47 Å². The molecule has 0 unspecified atom stereocenters. The van der Waals surface area contributed by atoms with Gasteiger partial charge >= 0.3 is 0 Å². The minimum Gasteiger partial charge on any atom is -0.352 e. The number of thioether (sulfide) groups is 1. The highest BCUT2D eigenvalue weighted by atomic mass is 79.9. The zero-order valence-electron chi connectivity index (χ0n) is 11.8. The van der Waals surface area contributed by atoms with E-state index in [1.165, 1.54) is 6.07 Å². The van der Waals surface area contributed by atoms with Crippen LogP contribution in [-0.2, 0) is 15.2 Å². The Bertz CT molecular complexity index is 585. The summed E-state index contributed by atoms with van der Waals surface area (Å²) in [4.78, 5) is 1.08. The maximum absolute atomic E-state index is 13.7. The third kappa shape index (κ3) is 4.54. The van der Waals surface area contributed by atoms with Crippen LogP contribution in [0.25, 0.3) is 0 Å². The summed E-state index contributed by atoms with van der Waals surface area (Å²) < 4.78 is 24.9. The fourth-order valence-corrected chi connectivity index (χ4v) is 3.11. The molecule has 0 N–H and O–H groups in total. The summed E-state index contributed by atoms with van der Waals surface area (Å²) in [5, 5.41) is 0. The van der Waals surface area contributed by atoms with Crippen molar-refractivity contribution < 1.29 is 13.9 Å². The van der Waals surface area contributed by atoms with Gasteiger partial charge in [-0.05, 0) is 29.8 Å². The van der Waals surface area contributed by atoms with E-state index < -0.39 is 0 Å². The standard InChI is InChI=1S/C16H16BrFO2S/c1-19-16(20-2)11-4-7-14(8-5-11)21-10-12-3-6-13(17)9-15(12)18/h3-9,16H,10H2,1-2H3. The summed E-state index contributed by atoms with van der Waals surface area (Å²) in [7, 11) is 3.21. The van der Waals surface area contributed by atoms with Gasteiger partial charge in [0, 0.05) is 34.9 Å². The van der Waals surface area contributed by atoms with Crippen molar-refractivity contribution in [2.45, 2.75) is 16.9 Å². The second-order valence-corrected chi connectivity index (χ2v) is 6.36. The van der Waals surface area contributed by atoms with Crippen LogP contribution in [0.2, 0.25) is 0 Å². The Morgan fingerprint density at radius 2 is 1.76 bits per heavy atom. The molecule has 0 aliphatic rings. The van der Waals surface area contributed by atoms with E-state index >= 15 is 0 Å². The van der Waals surface area contributed by atoms with Crippen molar-refractivity contribution in [1.29, 1.82) is 0 Å². The molecule has 0 radical (unpaired) electrons. The van der Waals surface area contributed by atoms with Crippen LogP contribution in [0.15, 0.2) is 51.8 Å². The summed E-state index contributed by atoms with van der Waals surface area (Å²) in [6.45, 7) is 0. The molecule has 0 spiro atoms. The van der Waals surface area contributed by atoms with Crippen LogP contribution >= 0.6 is 27.7 Å². The minimum atomic E-state index is -0.354. The lowest BCUT2D eigenvalue weighted by atomic mass is 10.2. The summed E-state index contributed by atoms with van der Waals surface area (Å²) in [5.41, 5.74) is 1.65. The van der Waals surface area contributed by atoms with Gasteiger partial charge in [0.05, 0.1) is 0 Å². The van der Waals surface area contributed by atoms with E-state index in [1.807, 2.05) is 30.3 Å². The lowest BCUT2D eigenvalue weighted by Crippen LogP contribution is -2.02. The van der Waals surface area contributed by atoms with E-state index in [0.29, 0.717) is 11.3 Å². The largest absolute Gasteiger partial charge is 0.352 e. The van der Waals surface area contributed by atoms with Crippen molar-refractivity contribution in [3.63, 3.8) is 0 Å². The fourth-order valence-electron chi connectivity index (χ4n) is 1.89. The van der Waals surface area contributed by atoms with Crippen molar-refractivity contribution in [1.82, 2.24) is 0 Å². The molecule has 2 rings (SSSR count). The van der Waals surface area contributed by atoms with Gasteiger partial charge in [-0.15, -0.1) is 11.8 Å². The van der Waals surface area contributed by atoms with Crippen molar-refractivity contribution in [2.75, 3.05) is 14.2 Å². The summed E-state index contributed by atoms with van der Waals surface area (Å²) >= 11 is 4.85. The van der Waals surface area contributed by atoms with E-state index in [9.17, 15) is 4.39 Å². The monoisotopic (exact) mass is 370 g/mol. The summed E-state index contributed by atoms with van der Waals surface area (Å²) in [5.74, 6) is 0.406. The molecule has 2 aromatic rings. The topological polar surface area (TPSA) is 18.5 Å². The molecule has 2 nitrogen and oxygen atoms in total. The second-order valence-electron chi connectivity index (χ2n) is 4.40. The van der Waals surface area contributed by atoms with Gasteiger partial charge in [-0.25, -0.2) is 4.39 Å². The molecule has 0 aromatic heterocycles. The lowest BCUT2D eigenvalue weighted by Gasteiger charge is -2.13. The first kappa shape index (κ1) is 16.5. The number of hydrogen-bond acceptors (Lipinski definition) is 3. The fraction of sp³-hybridized carbons (Fsp3) is 0.250. The van der Waals surface area contributed by atoms with Crippen LogP contribution in [0.4, 0.5) is 4.39 Å². The van der Waals surface area contributed by atoms with Gasteiger partial charge in [-0.1, -0.05) is 34.1 Å². The van der Waals surface area contributed by atoms with Gasteiger partial charge in [0.1, 0.15) is 5.82 Å². The second kappa shape index (κ2) is 7.94. The molecular formula is C16H16BrFO2S. The summed E-state index contributed by atoms with van der Waals surface area (Å²) in [6, 6.07) is 13.0. The Morgan fingerprint density at radius 1 is 1.10 bits per heavy atom. The van der Waals surface area contributed by atoms with Gasteiger partial charge in [0.2, 0.25) is 0 Å². The predicted molar refractivity (Wildman–Crippen MR) is 86.9 cm³/mol. The lowest BCUT2D eigenvalue weighted by molar-refractivity contribution is -0.106. The minimum absolute atomic E-state index is 0.188. The van der Waals surface area contributed by atoms with Crippen molar-refractivity contribution in [3.8, 4) is 0 Å². The van der Waals surface area contributed by atoms with E-state index in [2.05, 4.69) is 15.9 Å². The van der Waals surface area contributed by atoms with Crippen LogP contribution in [0, 0.1) is 5.82 Å². The first-order valence-corrected chi connectivity index (χ1v) is 8.14. The SMILES string of the molecule is COC(OC)c1ccc(SCc2ccc(Br)cc2F)cc1. The molecule has 0 amide bonds. The molecular weight excluding hydrogens is 355 g/mol. The predicted octanol–water partition coefficient (Wildman–Crippen LogP) is 5.17. The van der Waals surface area contributed by atoms with E-state index in [1.54, 1.807) is 32.0 Å². The number of halogens is 2. The quantitative estimate of drug-likeness (QED) is 0.516. The molecule has 0 saturated heterocycles. The van der Waals surface area contributed by atoms with E-state index in [-0.39, 0.29) is 12.1 Å². The number of ether oxygens (including phenoxy) is 2. The van der Waals surface area contributed by atoms with Gasteiger partial charge in [-0.2, -0.15) is 0 Å². The first-order chi connectivity index (χ1) is 10.1. The number of methoxy groups -OCH3 is 2. The molecule has 0 aliphatic heterocycles. The Morgan fingerprint density at radius 3 is 2.33 bits per heavy atom. The zero-order valence-corrected chi connectivity index (χ0v) is 14.2. The normalized spacial score (nSPS) is 11.1. The third-order valence-electron chi connectivity index (χ3n) is 2.99. The Hall–Kier alpha value is -0.880. The molecule has 5 heteroatoms. The van der Waals surface area contributed by atoms with Crippen LogP contribution in [0.5, 0.6) is 0 Å². The molecule has 0 atom stereocenters. The average Bonchev–Trinajstić information content (AvgIpc) is 2.49. The Balaban J connectivity index is 2.00. The highest BCUT2D eigenvalue weighted by Gasteiger charge is 2.09. The van der Waals surface area contributed by atoms with Gasteiger partial charge in [0.25, 0.3) is 0 Å². The van der Waals surface area contributed by atoms with Crippen LogP contribution in [-0.4, -0.2) is 14.2 Å². The highest BCUT2D eigenvalue weighted by molar-refractivity contribution is 9.10.